The van der Waals surface area contributed by atoms with Crippen LogP contribution in [-0.2, 0) is 11.3 Å². The van der Waals surface area contributed by atoms with E-state index in [-0.39, 0.29) is 5.95 Å². The number of nitrogens with zero attached hydrogens (tertiary/aromatic N) is 4. The lowest BCUT2D eigenvalue weighted by atomic mass is 10.5. The maximum atomic E-state index is 5.54. The van der Waals surface area contributed by atoms with Gasteiger partial charge in [-0.1, -0.05) is 13.8 Å². The van der Waals surface area contributed by atoms with Crippen molar-refractivity contribution in [2.45, 2.75) is 27.3 Å². The fraction of sp³-hybridized carbons (Fsp3) is 0.583. The standard InChI is InChI=1S/C8H11N5O.C2H7OP.C2H6/c1-3-13-4-10-5-6(13)11-8(9)12-7(5)14-2;1-3-2-4;1-2/h4H,3H2,1-2H3,(H2,9,11,12);2,4H2,1H3;1-2H3. The van der Waals surface area contributed by atoms with Gasteiger partial charge in [0.2, 0.25) is 11.8 Å². The van der Waals surface area contributed by atoms with Crippen LogP contribution in [0.15, 0.2) is 6.33 Å². The largest absolute Gasteiger partial charge is 0.479 e. The van der Waals surface area contributed by atoms with E-state index >= 15 is 0 Å². The maximum absolute atomic E-state index is 5.54. The second-order valence-electron chi connectivity index (χ2n) is 3.25. The van der Waals surface area contributed by atoms with Gasteiger partial charge in [0, 0.05) is 13.7 Å². The van der Waals surface area contributed by atoms with Crippen LogP contribution in [0.4, 0.5) is 5.95 Å². The van der Waals surface area contributed by atoms with E-state index < -0.39 is 0 Å². The van der Waals surface area contributed by atoms with Crippen molar-refractivity contribution in [3.63, 3.8) is 0 Å². The number of nitrogen functional groups attached to an aromatic ring is 1. The summed E-state index contributed by atoms with van der Waals surface area (Å²) in [5.41, 5.74) is 6.89. The monoisotopic (exact) mass is 301 g/mol. The Bertz CT molecular complexity index is 502. The first kappa shape index (κ1) is 18.5. The third-order valence-corrected chi connectivity index (χ3v) is 2.48. The molecule has 0 saturated carbocycles. The number of hydrogen-bond acceptors (Lipinski definition) is 6. The van der Waals surface area contributed by atoms with Crippen LogP contribution in [0.2, 0.25) is 0 Å². The van der Waals surface area contributed by atoms with Gasteiger partial charge in [0.1, 0.15) is 0 Å². The van der Waals surface area contributed by atoms with Gasteiger partial charge >= 0.3 is 0 Å². The minimum atomic E-state index is 0.199. The van der Waals surface area contributed by atoms with Crippen LogP contribution >= 0.6 is 9.24 Å². The molecule has 2 N–H and O–H groups in total. The highest BCUT2D eigenvalue weighted by atomic mass is 31.0. The molecule has 0 aliphatic carbocycles. The number of ether oxygens (including phenoxy) is 2. The number of nitrogens with two attached hydrogens (primary N) is 1. The Morgan fingerprint density at radius 3 is 2.35 bits per heavy atom. The summed E-state index contributed by atoms with van der Waals surface area (Å²) in [6.07, 6.45) is 2.43. The van der Waals surface area contributed by atoms with Crippen LogP contribution < -0.4 is 10.5 Å². The number of methoxy groups -OCH3 is 2. The number of aryl methyl sites for hydroxylation is 1. The maximum Gasteiger partial charge on any atom is 0.246 e. The van der Waals surface area contributed by atoms with Gasteiger partial charge in [0.05, 0.1) is 19.8 Å². The van der Waals surface area contributed by atoms with Gasteiger partial charge in [-0.25, -0.2) is 4.98 Å². The number of fused-ring (bicyclic) bond motifs is 1. The molecule has 0 saturated heterocycles. The summed E-state index contributed by atoms with van der Waals surface area (Å²) in [5.74, 6) is 0.615. The number of hydrogen-bond donors (Lipinski definition) is 1. The van der Waals surface area contributed by atoms with Crippen LogP contribution in [0.25, 0.3) is 11.2 Å². The van der Waals surface area contributed by atoms with Crippen LogP contribution in [-0.4, -0.2) is 40.1 Å². The van der Waals surface area contributed by atoms with E-state index in [9.17, 15) is 0 Å². The van der Waals surface area contributed by atoms with Crippen LogP contribution in [0.1, 0.15) is 20.8 Å². The topological polar surface area (TPSA) is 88.1 Å². The first-order valence-electron chi connectivity index (χ1n) is 6.39. The summed E-state index contributed by atoms with van der Waals surface area (Å²) in [4.78, 5) is 12.2. The molecule has 114 valence electrons. The van der Waals surface area contributed by atoms with Crippen molar-refractivity contribution in [3.8, 4) is 5.88 Å². The molecule has 0 radical (unpaired) electrons. The third-order valence-electron chi connectivity index (χ3n) is 2.15. The molecule has 2 aromatic rings. The zero-order chi connectivity index (χ0) is 15.5. The zero-order valence-corrected chi connectivity index (χ0v) is 13.9. The van der Waals surface area contributed by atoms with E-state index in [1.807, 2.05) is 25.3 Å². The molecule has 7 nitrogen and oxygen atoms in total. The number of anilines is 1. The lowest BCUT2D eigenvalue weighted by Gasteiger charge is -2.02. The van der Waals surface area contributed by atoms with Crippen molar-refractivity contribution >= 4 is 26.4 Å². The Kier molecular flexibility index (Phi) is 9.59. The molecule has 2 heterocycles. The second kappa shape index (κ2) is 10.3. The summed E-state index contributed by atoms with van der Waals surface area (Å²) in [6.45, 7) is 6.79. The van der Waals surface area contributed by atoms with E-state index in [0.29, 0.717) is 17.0 Å². The normalized spacial score (nSPS) is 9.30. The molecule has 0 aliphatic heterocycles. The fourth-order valence-electron chi connectivity index (χ4n) is 1.31. The lowest BCUT2D eigenvalue weighted by molar-refractivity contribution is 0.258. The highest BCUT2D eigenvalue weighted by Crippen LogP contribution is 2.20. The summed E-state index contributed by atoms with van der Waals surface area (Å²) in [7, 11) is 5.63. The average Bonchev–Trinajstić information content (AvgIpc) is 2.91. The van der Waals surface area contributed by atoms with E-state index in [1.165, 1.54) is 7.11 Å². The highest BCUT2D eigenvalue weighted by molar-refractivity contribution is 7.16. The molecule has 1 atom stereocenters. The van der Waals surface area contributed by atoms with Crippen molar-refractivity contribution < 1.29 is 9.47 Å². The van der Waals surface area contributed by atoms with E-state index in [0.717, 1.165) is 12.9 Å². The van der Waals surface area contributed by atoms with Crippen molar-refractivity contribution in [1.29, 1.82) is 0 Å². The van der Waals surface area contributed by atoms with E-state index in [4.69, 9.17) is 10.5 Å². The van der Waals surface area contributed by atoms with Gasteiger partial charge in [-0.05, 0) is 6.92 Å². The molecule has 2 rings (SSSR count). The summed E-state index contributed by atoms with van der Waals surface area (Å²) < 4.78 is 11.4. The van der Waals surface area contributed by atoms with E-state index in [1.54, 1.807) is 13.4 Å². The first-order chi connectivity index (χ1) is 9.67. The number of rotatable bonds is 3. The minimum Gasteiger partial charge on any atom is -0.479 e. The molecule has 2 aromatic heterocycles. The number of aromatic nitrogens is 4. The molecule has 0 aromatic carbocycles. The Morgan fingerprint density at radius 1 is 1.30 bits per heavy atom. The first-order valence-corrected chi connectivity index (χ1v) is 7.20. The SMILES string of the molecule is CC.CCn1cnc2c(OC)nc(N)nc21.COCP. The molecule has 0 amide bonds. The quantitative estimate of drug-likeness (QED) is 0.871. The summed E-state index contributed by atoms with van der Waals surface area (Å²) >= 11 is 0. The molecular weight excluding hydrogens is 277 g/mol. The predicted octanol–water partition coefficient (Wildman–Crippen LogP) is 1.93. The number of imidazole rings is 1. The van der Waals surface area contributed by atoms with Crippen LogP contribution in [0.3, 0.4) is 0 Å². The lowest BCUT2D eigenvalue weighted by Crippen LogP contribution is -2.01. The highest BCUT2D eigenvalue weighted by Gasteiger charge is 2.11. The van der Waals surface area contributed by atoms with Gasteiger partial charge in [-0.15, -0.1) is 9.24 Å². The van der Waals surface area contributed by atoms with Crippen molar-refractivity contribution in [2.75, 3.05) is 26.3 Å². The Hall–Kier alpha value is -1.46. The molecule has 0 aliphatic rings. The fourth-order valence-corrected chi connectivity index (χ4v) is 1.31. The molecule has 0 fully saturated rings. The van der Waals surface area contributed by atoms with Crippen molar-refractivity contribution in [3.05, 3.63) is 6.33 Å². The Balaban J connectivity index is 0.000000521. The van der Waals surface area contributed by atoms with Crippen LogP contribution in [0.5, 0.6) is 5.88 Å². The smallest absolute Gasteiger partial charge is 0.246 e. The van der Waals surface area contributed by atoms with Crippen LogP contribution in [0, 0.1) is 0 Å². The van der Waals surface area contributed by atoms with Gasteiger partial charge < -0.3 is 19.8 Å². The summed E-state index contributed by atoms with van der Waals surface area (Å²) in [6, 6.07) is 0. The molecular formula is C12H24N5O2P. The molecule has 20 heavy (non-hydrogen) atoms. The second-order valence-corrected chi connectivity index (χ2v) is 3.58. The zero-order valence-electron chi connectivity index (χ0n) is 12.8. The summed E-state index contributed by atoms with van der Waals surface area (Å²) in [5, 5.41) is 0. The molecule has 0 bridgehead atoms. The van der Waals surface area contributed by atoms with Gasteiger partial charge in [-0.3, -0.25) is 0 Å². The Morgan fingerprint density at radius 2 is 1.90 bits per heavy atom. The molecule has 8 heteroatoms. The predicted molar refractivity (Wildman–Crippen MR) is 84.9 cm³/mol. The molecule has 1 unspecified atom stereocenters. The van der Waals surface area contributed by atoms with E-state index in [2.05, 4.69) is 28.9 Å². The van der Waals surface area contributed by atoms with Gasteiger partial charge in [0.25, 0.3) is 0 Å². The molecule has 0 spiro atoms. The van der Waals surface area contributed by atoms with Gasteiger partial charge in [-0.2, -0.15) is 9.97 Å². The van der Waals surface area contributed by atoms with Gasteiger partial charge in [0.15, 0.2) is 11.2 Å². The Labute approximate surface area is 122 Å². The van der Waals surface area contributed by atoms with Crippen molar-refractivity contribution in [2.24, 2.45) is 0 Å². The van der Waals surface area contributed by atoms with Crippen molar-refractivity contribution in [1.82, 2.24) is 19.5 Å². The average molecular weight is 301 g/mol. The minimum absolute atomic E-state index is 0.199. The third kappa shape index (κ3) is 4.90.